The summed E-state index contributed by atoms with van der Waals surface area (Å²) in [5.74, 6) is -0.640. The van der Waals surface area contributed by atoms with Crippen LogP contribution in [0.2, 0.25) is 5.02 Å². The van der Waals surface area contributed by atoms with Gasteiger partial charge in [0.15, 0.2) is 0 Å². The van der Waals surface area contributed by atoms with Gasteiger partial charge in [0.1, 0.15) is 0 Å². The average Bonchev–Trinajstić information content (AvgIpc) is 2.45. The quantitative estimate of drug-likeness (QED) is 0.615. The van der Waals surface area contributed by atoms with E-state index < -0.39 is 5.91 Å². The molecule has 0 aliphatic rings. The van der Waals surface area contributed by atoms with Crippen LogP contribution in [0, 0.1) is 0 Å². The molecule has 6 nitrogen and oxygen atoms in total. The zero-order valence-corrected chi connectivity index (χ0v) is 12.9. The summed E-state index contributed by atoms with van der Waals surface area (Å²) in [7, 11) is 1.57. The lowest BCUT2D eigenvalue weighted by Gasteiger charge is -2.14. The van der Waals surface area contributed by atoms with Gasteiger partial charge in [0, 0.05) is 30.8 Å². The molecule has 4 N–H and O–H groups in total. The number of amides is 2. The molecule has 1 aromatic carbocycles. The highest BCUT2D eigenvalue weighted by atomic mass is 35.5. The summed E-state index contributed by atoms with van der Waals surface area (Å²) in [6, 6.07) is 4.47. The van der Waals surface area contributed by atoms with Crippen LogP contribution in [-0.4, -0.2) is 38.1 Å². The molecule has 1 atom stereocenters. The van der Waals surface area contributed by atoms with Crippen molar-refractivity contribution in [2.45, 2.75) is 19.5 Å². The number of carbonyl (C=O) groups excluding carboxylic acids is 2. The van der Waals surface area contributed by atoms with Crippen molar-refractivity contribution in [2.75, 3.05) is 20.3 Å². The second-order valence-corrected chi connectivity index (χ2v) is 4.96. The minimum absolute atomic E-state index is 0.114. The molecule has 0 aromatic heterocycles. The number of nitrogens with one attached hydrogen (secondary N) is 2. The topological polar surface area (TPSA) is 93.4 Å². The molecule has 21 heavy (non-hydrogen) atoms. The van der Waals surface area contributed by atoms with Crippen LogP contribution in [0.1, 0.15) is 22.8 Å². The highest BCUT2D eigenvalue weighted by Crippen LogP contribution is 2.17. The van der Waals surface area contributed by atoms with Gasteiger partial charge in [0.2, 0.25) is 11.8 Å². The Morgan fingerprint density at radius 1 is 1.43 bits per heavy atom. The number of rotatable bonds is 8. The Kier molecular flexibility index (Phi) is 7.14. The fourth-order valence-corrected chi connectivity index (χ4v) is 1.88. The number of carbonyl (C=O) groups is 2. The second kappa shape index (κ2) is 8.61. The lowest BCUT2D eigenvalue weighted by molar-refractivity contribution is -0.122. The van der Waals surface area contributed by atoms with E-state index in [0.29, 0.717) is 30.3 Å². The van der Waals surface area contributed by atoms with Crippen LogP contribution >= 0.6 is 11.6 Å². The zero-order chi connectivity index (χ0) is 15.8. The first-order valence-corrected chi connectivity index (χ1v) is 6.91. The van der Waals surface area contributed by atoms with Gasteiger partial charge in [-0.2, -0.15) is 0 Å². The predicted molar refractivity (Wildman–Crippen MR) is 81.2 cm³/mol. The highest BCUT2D eigenvalue weighted by molar-refractivity contribution is 6.31. The molecule has 7 heteroatoms. The van der Waals surface area contributed by atoms with Crippen molar-refractivity contribution in [1.82, 2.24) is 10.6 Å². The standard InChI is InChI=1S/C14H20ClN3O3/c1-9(14(20)17-5-6-21-2)18-8-11-4-3-10(13(16)19)7-12(11)15/h3-4,7,9,18H,5-6,8H2,1-2H3,(H2,16,19)(H,17,20). The number of methoxy groups -OCH3 is 1. The molecule has 0 saturated carbocycles. The first kappa shape index (κ1) is 17.4. The summed E-state index contributed by atoms with van der Waals surface area (Å²) >= 11 is 6.07. The Balaban J connectivity index is 2.51. The van der Waals surface area contributed by atoms with E-state index in [-0.39, 0.29) is 11.9 Å². The van der Waals surface area contributed by atoms with Crippen LogP contribution in [0.15, 0.2) is 18.2 Å². The number of hydrogen-bond acceptors (Lipinski definition) is 4. The molecule has 0 bridgehead atoms. The molecule has 1 unspecified atom stereocenters. The lowest BCUT2D eigenvalue weighted by Crippen LogP contribution is -2.42. The van der Waals surface area contributed by atoms with Crippen LogP contribution in [0.4, 0.5) is 0 Å². The van der Waals surface area contributed by atoms with Crippen molar-refractivity contribution in [2.24, 2.45) is 5.73 Å². The smallest absolute Gasteiger partial charge is 0.248 e. The number of halogens is 1. The molecule has 116 valence electrons. The SMILES string of the molecule is COCCNC(=O)C(C)NCc1ccc(C(N)=O)cc1Cl. The van der Waals surface area contributed by atoms with E-state index in [1.165, 1.54) is 6.07 Å². The minimum Gasteiger partial charge on any atom is -0.383 e. The van der Waals surface area contributed by atoms with Gasteiger partial charge in [-0.15, -0.1) is 0 Å². The van der Waals surface area contributed by atoms with E-state index in [0.717, 1.165) is 5.56 Å². The van der Waals surface area contributed by atoms with Crippen molar-refractivity contribution in [3.63, 3.8) is 0 Å². The van der Waals surface area contributed by atoms with E-state index in [1.807, 2.05) is 0 Å². The molecule has 0 radical (unpaired) electrons. The van der Waals surface area contributed by atoms with Gasteiger partial charge in [0.05, 0.1) is 12.6 Å². The Labute approximate surface area is 129 Å². The zero-order valence-electron chi connectivity index (χ0n) is 12.1. The Bertz CT molecular complexity index is 508. The molecule has 0 heterocycles. The normalized spacial score (nSPS) is 12.0. The number of nitrogens with two attached hydrogens (primary N) is 1. The first-order chi connectivity index (χ1) is 9.95. The number of primary amides is 1. The fourth-order valence-electron chi connectivity index (χ4n) is 1.63. The molecule has 1 rings (SSSR count). The van der Waals surface area contributed by atoms with Crippen molar-refractivity contribution in [3.05, 3.63) is 34.3 Å². The average molecular weight is 314 g/mol. The third-order valence-corrected chi connectivity index (χ3v) is 3.29. The van der Waals surface area contributed by atoms with Crippen molar-refractivity contribution in [1.29, 1.82) is 0 Å². The predicted octanol–water partition coefficient (Wildman–Crippen LogP) is 0.680. The van der Waals surface area contributed by atoms with E-state index >= 15 is 0 Å². The van der Waals surface area contributed by atoms with Crippen LogP contribution in [0.5, 0.6) is 0 Å². The molecular formula is C14H20ClN3O3. The Morgan fingerprint density at radius 3 is 2.71 bits per heavy atom. The molecule has 0 fully saturated rings. The first-order valence-electron chi connectivity index (χ1n) is 6.54. The lowest BCUT2D eigenvalue weighted by atomic mass is 10.1. The van der Waals surface area contributed by atoms with Crippen molar-refractivity contribution >= 4 is 23.4 Å². The third kappa shape index (κ3) is 5.71. The van der Waals surface area contributed by atoms with Gasteiger partial charge < -0.3 is 21.1 Å². The number of hydrogen-bond donors (Lipinski definition) is 3. The van der Waals surface area contributed by atoms with Gasteiger partial charge in [-0.25, -0.2) is 0 Å². The number of ether oxygens (including phenoxy) is 1. The Hall–Kier alpha value is -1.63. The number of benzene rings is 1. The fraction of sp³-hybridized carbons (Fsp3) is 0.429. The highest BCUT2D eigenvalue weighted by Gasteiger charge is 2.12. The summed E-state index contributed by atoms with van der Waals surface area (Å²) in [6.45, 7) is 3.11. The van der Waals surface area contributed by atoms with Gasteiger partial charge >= 0.3 is 0 Å². The second-order valence-electron chi connectivity index (χ2n) is 4.56. The van der Waals surface area contributed by atoms with Gasteiger partial charge in [0.25, 0.3) is 0 Å². The van der Waals surface area contributed by atoms with Crippen LogP contribution in [0.25, 0.3) is 0 Å². The maximum absolute atomic E-state index is 11.7. The molecule has 0 aliphatic carbocycles. The van der Waals surface area contributed by atoms with Gasteiger partial charge in [-0.1, -0.05) is 17.7 Å². The summed E-state index contributed by atoms with van der Waals surface area (Å²) in [5, 5.41) is 6.24. The molecule has 0 aliphatic heterocycles. The van der Waals surface area contributed by atoms with E-state index in [1.54, 1.807) is 26.2 Å². The minimum atomic E-state index is -0.526. The molecule has 0 spiro atoms. The largest absolute Gasteiger partial charge is 0.383 e. The molecular weight excluding hydrogens is 294 g/mol. The third-order valence-electron chi connectivity index (χ3n) is 2.93. The maximum atomic E-state index is 11.7. The maximum Gasteiger partial charge on any atom is 0.248 e. The summed E-state index contributed by atoms with van der Waals surface area (Å²) in [5.41, 5.74) is 6.32. The van der Waals surface area contributed by atoms with Crippen LogP contribution < -0.4 is 16.4 Å². The van der Waals surface area contributed by atoms with Gasteiger partial charge in [-0.3, -0.25) is 9.59 Å². The summed E-state index contributed by atoms with van der Waals surface area (Å²) in [6.07, 6.45) is 0. The monoisotopic (exact) mass is 313 g/mol. The van der Waals surface area contributed by atoms with Crippen LogP contribution in [-0.2, 0) is 16.1 Å². The van der Waals surface area contributed by atoms with E-state index in [2.05, 4.69) is 10.6 Å². The van der Waals surface area contributed by atoms with Crippen LogP contribution in [0.3, 0.4) is 0 Å². The summed E-state index contributed by atoms with van der Waals surface area (Å²) in [4.78, 5) is 22.8. The summed E-state index contributed by atoms with van der Waals surface area (Å²) < 4.78 is 4.86. The molecule has 1 aromatic rings. The van der Waals surface area contributed by atoms with Crippen molar-refractivity contribution < 1.29 is 14.3 Å². The Morgan fingerprint density at radius 2 is 2.14 bits per heavy atom. The van der Waals surface area contributed by atoms with E-state index in [9.17, 15) is 9.59 Å². The van der Waals surface area contributed by atoms with E-state index in [4.69, 9.17) is 22.1 Å². The van der Waals surface area contributed by atoms with Crippen molar-refractivity contribution in [3.8, 4) is 0 Å². The molecule has 0 saturated heterocycles. The van der Waals surface area contributed by atoms with Gasteiger partial charge in [-0.05, 0) is 24.6 Å². The molecule has 2 amide bonds.